The van der Waals surface area contributed by atoms with Crippen LogP contribution in [-0.4, -0.2) is 19.6 Å². The van der Waals surface area contributed by atoms with Gasteiger partial charge in [-0.25, -0.2) is 0 Å². The third-order valence-corrected chi connectivity index (χ3v) is 2.87. The van der Waals surface area contributed by atoms with Crippen molar-refractivity contribution >= 4 is 23.2 Å². The second-order valence-electron chi connectivity index (χ2n) is 3.39. The highest BCUT2D eigenvalue weighted by Gasteiger charge is 1.98. The zero-order chi connectivity index (χ0) is 11.1. The summed E-state index contributed by atoms with van der Waals surface area (Å²) < 4.78 is 0. The van der Waals surface area contributed by atoms with Gasteiger partial charge in [0.25, 0.3) is 0 Å². The topological polar surface area (TPSA) is 38.0 Å². The van der Waals surface area contributed by atoms with Crippen molar-refractivity contribution in [1.82, 2.24) is 5.32 Å². The monoisotopic (exact) mass is 246 g/mol. The summed E-state index contributed by atoms with van der Waals surface area (Å²) in [7, 11) is 0. The molecule has 0 fully saturated rings. The van der Waals surface area contributed by atoms with Crippen LogP contribution in [0.25, 0.3) is 0 Å². The number of hydrogen-bond acceptors (Lipinski definition) is 2. The van der Waals surface area contributed by atoms with Gasteiger partial charge in [0, 0.05) is 0 Å². The van der Waals surface area contributed by atoms with Crippen molar-refractivity contribution in [2.45, 2.75) is 12.8 Å². The van der Waals surface area contributed by atoms with Crippen LogP contribution < -0.4 is 11.1 Å². The minimum atomic E-state index is 0.608. The Morgan fingerprint density at radius 3 is 2.60 bits per heavy atom. The van der Waals surface area contributed by atoms with Crippen LogP contribution in [-0.2, 0) is 6.42 Å². The quantitative estimate of drug-likeness (QED) is 0.758. The first-order valence-corrected chi connectivity index (χ1v) is 5.84. The van der Waals surface area contributed by atoms with Gasteiger partial charge in [-0.05, 0) is 50.2 Å². The molecule has 1 aromatic rings. The van der Waals surface area contributed by atoms with Gasteiger partial charge in [0.2, 0.25) is 0 Å². The molecule has 0 aliphatic heterocycles. The first kappa shape index (κ1) is 12.8. The Morgan fingerprint density at radius 1 is 1.13 bits per heavy atom. The first-order valence-electron chi connectivity index (χ1n) is 5.08. The lowest BCUT2D eigenvalue weighted by Gasteiger charge is -2.05. The standard InChI is InChI=1S/C11H16Cl2N2/c12-10-3-2-9(8-11(10)13)4-7-15-6-1-5-14/h2-3,8,15H,1,4-7,14H2. The van der Waals surface area contributed by atoms with E-state index in [1.165, 1.54) is 5.56 Å². The Labute approximate surface area is 101 Å². The summed E-state index contributed by atoms with van der Waals surface area (Å²) in [6.07, 6.45) is 1.98. The molecule has 0 aliphatic carbocycles. The predicted molar refractivity (Wildman–Crippen MR) is 66.7 cm³/mol. The molecule has 0 atom stereocenters. The van der Waals surface area contributed by atoms with Gasteiger partial charge in [-0.2, -0.15) is 0 Å². The summed E-state index contributed by atoms with van der Waals surface area (Å²) >= 11 is 11.7. The lowest BCUT2D eigenvalue weighted by molar-refractivity contribution is 0.653. The predicted octanol–water partition coefficient (Wildman–Crippen LogP) is 2.47. The van der Waals surface area contributed by atoms with Gasteiger partial charge in [-0.15, -0.1) is 0 Å². The Morgan fingerprint density at radius 2 is 1.93 bits per heavy atom. The van der Waals surface area contributed by atoms with E-state index in [9.17, 15) is 0 Å². The molecule has 0 heterocycles. The molecule has 1 rings (SSSR count). The molecule has 0 radical (unpaired) electrons. The molecule has 0 aliphatic rings. The molecular formula is C11H16Cl2N2. The SMILES string of the molecule is NCCCNCCc1ccc(Cl)c(Cl)c1. The van der Waals surface area contributed by atoms with E-state index in [0.29, 0.717) is 10.0 Å². The smallest absolute Gasteiger partial charge is 0.0595 e. The van der Waals surface area contributed by atoms with Crippen molar-refractivity contribution in [1.29, 1.82) is 0 Å². The molecule has 1 aromatic carbocycles. The molecule has 4 heteroatoms. The lowest BCUT2D eigenvalue weighted by atomic mass is 10.1. The minimum Gasteiger partial charge on any atom is -0.330 e. The Bertz CT molecular complexity index is 303. The second-order valence-corrected chi connectivity index (χ2v) is 4.21. The summed E-state index contributed by atoms with van der Waals surface area (Å²) in [5.74, 6) is 0. The highest BCUT2D eigenvalue weighted by atomic mass is 35.5. The van der Waals surface area contributed by atoms with Crippen LogP contribution in [0.1, 0.15) is 12.0 Å². The van der Waals surface area contributed by atoms with Crippen molar-refractivity contribution in [2.75, 3.05) is 19.6 Å². The minimum absolute atomic E-state index is 0.608. The fourth-order valence-electron chi connectivity index (χ4n) is 1.28. The van der Waals surface area contributed by atoms with Gasteiger partial charge >= 0.3 is 0 Å². The van der Waals surface area contributed by atoms with E-state index in [1.807, 2.05) is 18.2 Å². The van der Waals surface area contributed by atoms with E-state index in [0.717, 1.165) is 32.5 Å². The van der Waals surface area contributed by atoms with E-state index in [2.05, 4.69) is 5.32 Å². The maximum absolute atomic E-state index is 5.91. The van der Waals surface area contributed by atoms with E-state index in [4.69, 9.17) is 28.9 Å². The van der Waals surface area contributed by atoms with Gasteiger partial charge < -0.3 is 11.1 Å². The third-order valence-electron chi connectivity index (χ3n) is 2.13. The molecular weight excluding hydrogens is 231 g/mol. The molecule has 0 saturated carbocycles. The summed E-state index contributed by atoms with van der Waals surface area (Å²) in [6, 6.07) is 5.74. The van der Waals surface area contributed by atoms with Crippen molar-refractivity contribution in [3.63, 3.8) is 0 Å². The van der Waals surface area contributed by atoms with Gasteiger partial charge in [0.1, 0.15) is 0 Å². The highest BCUT2D eigenvalue weighted by Crippen LogP contribution is 2.22. The van der Waals surface area contributed by atoms with Crippen LogP contribution in [0.15, 0.2) is 18.2 Å². The average Bonchev–Trinajstić information content (AvgIpc) is 2.23. The fraction of sp³-hybridized carbons (Fsp3) is 0.455. The van der Waals surface area contributed by atoms with Crippen LogP contribution in [0.4, 0.5) is 0 Å². The van der Waals surface area contributed by atoms with Crippen LogP contribution in [0.3, 0.4) is 0 Å². The largest absolute Gasteiger partial charge is 0.330 e. The van der Waals surface area contributed by atoms with Crippen LogP contribution in [0.2, 0.25) is 10.0 Å². The number of hydrogen-bond donors (Lipinski definition) is 2. The number of nitrogens with one attached hydrogen (secondary N) is 1. The van der Waals surface area contributed by atoms with E-state index >= 15 is 0 Å². The fourth-order valence-corrected chi connectivity index (χ4v) is 1.60. The molecule has 3 N–H and O–H groups in total. The summed E-state index contributed by atoms with van der Waals surface area (Å²) in [5.41, 5.74) is 6.59. The molecule has 0 bridgehead atoms. The molecule has 0 saturated heterocycles. The van der Waals surface area contributed by atoms with Gasteiger partial charge in [0.05, 0.1) is 10.0 Å². The van der Waals surface area contributed by atoms with Crippen molar-refractivity contribution < 1.29 is 0 Å². The lowest BCUT2D eigenvalue weighted by Crippen LogP contribution is -2.20. The van der Waals surface area contributed by atoms with E-state index < -0.39 is 0 Å². The van der Waals surface area contributed by atoms with Gasteiger partial charge in [-0.1, -0.05) is 29.3 Å². The highest BCUT2D eigenvalue weighted by molar-refractivity contribution is 6.42. The van der Waals surface area contributed by atoms with Gasteiger partial charge in [0.15, 0.2) is 0 Å². The van der Waals surface area contributed by atoms with Crippen LogP contribution in [0.5, 0.6) is 0 Å². The summed E-state index contributed by atoms with van der Waals surface area (Å²) in [5, 5.41) is 4.54. The molecule has 0 unspecified atom stereocenters. The Balaban J connectivity index is 2.28. The molecule has 0 aromatic heterocycles. The molecule has 2 nitrogen and oxygen atoms in total. The second kappa shape index (κ2) is 7.07. The van der Waals surface area contributed by atoms with Crippen LogP contribution in [0, 0.1) is 0 Å². The van der Waals surface area contributed by atoms with Crippen molar-refractivity contribution in [3.05, 3.63) is 33.8 Å². The molecule has 0 spiro atoms. The number of halogens is 2. The van der Waals surface area contributed by atoms with Gasteiger partial charge in [-0.3, -0.25) is 0 Å². The Hall–Kier alpha value is -0.280. The van der Waals surface area contributed by atoms with Crippen molar-refractivity contribution in [3.8, 4) is 0 Å². The molecule has 0 amide bonds. The molecule has 15 heavy (non-hydrogen) atoms. The zero-order valence-electron chi connectivity index (χ0n) is 8.60. The zero-order valence-corrected chi connectivity index (χ0v) is 10.1. The number of nitrogens with two attached hydrogens (primary N) is 1. The average molecular weight is 247 g/mol. The summed E-state index contributed by atoms with van der Waals surface area (Å²) in [6.45, 7) is 2.65. The normalized spacial score (nSPS) is 10.6. The van der Waals surface area contributed by atoms with E-state index in [-0.39, 0.29) is 0 Å². The van der Waals surface area contributed by atoms with Crippen LogP contribution >= 0.6 is 23.2 Å². The first-order chi connectivity index (χ1) is 7.24. The summed E-state index contributed by atoms with van der Waals surface area (Å²) in [4.78, 5) is 0. The maximum Gasteiger partial charge on any atom is 0.0595 e. The number of benzene rings is 1. The van der Waals surface area contributed by atoms with Crippen molar-refractivity contribution in [2.24, 2.45) is 5.73 Å². The Kier molecular flexibility index (Phi) is 6.03. The maximum atomic E-state index is 5.91. The number of rotatable bonds is 6. The molecule has 84 valence electrons. The third kappa shape index (κ3) is 4.85. The van der Waals surface area contributed by atoms with E-state index in [1.54, 1.807) is 0 Å².